The minimum atomic E-state index is -3.65. The summed E-state index contributed by atoms with van der Waals surface area (Å²) in [7, 11) is -2.52. The fraction of sp³-hybridized carbons (Fsp3) is 0.583. The highest BCUT2D eigenvalue weighted by Crippen LogP contribution is 2.27. The van der Waals surface area contributed by atoms with Crippen LogP contribution >= 0.6 is 11.3 Å². The third kappa shape index (κ3) is 3.53. The number of nitro groups is 1. The van der Waals surface area contributed by atoms with Crippen LogP contribution in [0.2, 0.25) is 0 Å². The van der Waals surface area contributed by atoms with Gasteiger partial charge in [-0.25, -0.2) is 8.42 Å². The van der Waals surface area contributed by atoms with Crippen molar-refractivity contribution in [2.75, 3.05) is 12.9 Å². The molecule has 0 bridgehead atoms. The first-order valence-corrected chi connectivity index (χ1v) is 9.63. The summed E-state index contributed by atoms with van der Waals surface area (Å²) in [5, 5.41) is 14.8. The van der Waals surface area contributed by atoms with E-state index in [9.17, 15) is 23.3 Å². The lowest BCUT2D eigenvalue weighted by Crippen LogP contribution is -2.16. The van der Waals surface area contributed by atoms with E-state index in [4.69, 9.17) is 4.74 Å². The second-order valence-electron chi connectivity index (χ2n) is 4.97. The quantitative estimate of drug-likeness (QED) is 0.383. The molecule has 0 radical (unpaired) electrons. The molecule has 2 aromatic heterocycles. The van der Waals surface area contributed by atoms with Crippen molar-refractivity contribution < 1.29 is 18.1 Å². The van der Waals surface area contributed by atoms with E-state index in [-0.39, 0.29) is 15.1 Å². The zero-order chi connectivity index (χ0) is 17.9. The van der Waals surface area contributed by atoms with Gasteiger partial charge in [-0.05, 0) is 6.42 Å². The molecule has 0 saturated heterocycles. The molecule has 0 saturated carbocycles. The fourth-order valence-corrected chi connectivity index (χ4v) is 4.64. The minimum absolute atomic E-state index is 0.0745. The first-order chi connectivity index (χ1) is 11.3. The van der Waals surface area contributed by atoms with Crippen LogP contribution in [0.25, 0.3) is 4.96 Å². The molecule has 0 N–H and O–H groups in total. The van der Waals surface area contributed by atoms with Crippen LogP contribution in [0.1, 0.15) is 32.6 Å². The van der Waals surface area contributed by atoms with Crippen molar-refractivity contribution >= 4 is 31.8 Å². The van der Waals surface area contributed by atoms with E-state index >= 15 is 0 Å². The van der Waals surface area contributed by atoms with E-state index in [0.717, 1.165) is 30.9 Å². The van der Waals surface area contributed by atoms with E-state index < -0.39 is 31.9 Å². The van der Waals surface area contributed by atoms with Gasteiger partial charge in [0, 0.05) is 0 Å². The number of nitrogens with zero attached hydrogens (tertiary/aromatic N) is 4. The lowest BCUT2D eigenvalue weighted by molar-refractivity contribution is -0.387. The fourth-order valence-electron chi connectivity index (χ4n) is 2.07. The van der Waals surface area contributed by atoms with Crippen LogP contribution in [0.15, 0.2) is 9.13 Å². The molecule has 0 fully saturated rings. The Labute approximate surface area is 141 Å². The molecule has 24 heavy (non-hydrogen) atoms. The Morgan fingerprint density at radius 2 is 2.04 bits per heavy atom. The van der Waals surface area contributed by atoms with Crippen LogP contribution in [-0.4, -0.2) is 40.8 Å². The van der Waals surface area contributed by atoms with Gasteiger partial charge in [-0.15, -0.1) is 5.10 Å². The van der Waals surface area contributed by atoms with Crippen molar-refractivity contribution in [2.24, 2.45) is 0 Å². The summed E-state index contributed by atoms with van der Waals surface area (Å²) < 4.78 is 30.1. The van der Waals surface area contributed by atoms with Crippen molar-refractivity contribution in [1.29, 1.82) is 0 Å². The normalized spacial score (nSPS) is 11.8. The maximum atomic E-state index is 12.3. The van der Waals surface area contributed by atoms with E-state index in [1.165, 1.54) is 0 Å². The Morgan fingerprint density at radius 3 is 2.62 bits per heavy atom. The molecule has 0 aromatic carbocycles. The summed E-state index contributed by atoms with van der Waals surface area (Å²) >= 11 is 0.682. The van der Waals surface area contributed by atoms with Gasteiger partial charge in [-0.2, -0.15) is 9.50 Å². The third-order valence-corrected chi connectivity index (χ3v) is 6.40. The van der Waals surface area contributed by atoms with E-state index in [0.29, 0.717) is 17.8 Å². The standard InChI is InChI=1S/C12H16N4O6S2/c1-3-4-5-6-7-24(20,21)12-14-15-10(22-2)8(16(18)19)9(17)13-11(15)23-12/h3-7H2,1-2H3. The Kier molecular flexibility index (Phi) is 5.49. The molecule has 2 rings (SSSR count). The molecule has 0 amide bonds. The van der Waals surface area contributed by atoms with Gasteiger partial charge in [-0.3, -0.25) is 14.9 Å². The predicted molar refractivity (Wildman–Crippen MR) is 86.5 cm³/mol. The molecule has 12 heteroatoms. The number of fused-ring (bicyclic) bond motifs is 1. The van der Waals surface area contributed by atoms with Gasteiger partial charge in [0.15, 0.2) is 0 Å². The Morgan fingerprint density at radius 1 is 1.33 bits per heavy atom. The van der Waals surface area contributed by atoms with Crippen LogP contribution < -0.4 is 10.3 Å². The summed E-state index contributed by atoms with van der Waals surface area (Å²) in [6, 6.07) is 0. The zero-order valence-electron chi connectivity index (χ0n) is 13.1. The van der Waals surface area contributed by atoms with Gasteiger partial charge in [0.1, 0.15) is 0 Å². The summed E-state index contributed by atoms with van der Waals surface area (Å²) in [5.74, 6) is -0.527. The molecule has 0 spiro atoms. The second kappa shape index (κ2) is 7.21. The largest absolute Gasteiger partial charge is 0.476 e. The topological polar surface area (TPSA) is 134 Å². The van der Waals surface area contributed by atoms with Crippen LogP contribution in [-0.2, 0) is 9.84 Å². The van der Waals surface area contributed by atoms with Crippen molar-refractivity contribution in [1.82, 2.24) is 14.6 Å². The number of unbranched alkanes of at least 4 members (excludes halogenated alkanes) is 3. The number of aromatic nitrogens is 3. The molecular weight excluding hydrogens is 360 g/mol. The van der Waals surface area contributed by atoms with E-state index in [2.05, 4.69) is 10.1 Å². The maximum Gasteiger partial charge on any atom is 0.397 e. The molecule has 0 aliphatic carbocycles. The number of ether oxygens (including phenoxy) is 1. The summed E-state index contributed by atoms with van der Waals surface area (Å²) in [5.41, 5.74) is -1.99. The molecule has 0 aliphatic heterocycles. The van der Waals surface area contributed by atoms with Crippen molar-refractivity contribution in [3.63, 3.8) is 0 Å². The highest BCUT2D eigenvalue weighted by atomic mass is 32.2. The lowest BCUT2D eigenvalue weighted by Gasteiger charge is -2.01. The lowest BCUT2D eigenvalue weighted by atomic mass is 10.2. The van der Waals surface area contributed by atoms with Crippen LogP contribution in [0, 0.1) is 10.1 Å². The molecule has 2 aromatic rings. The van der Waals surface area contributed by atoms with E-state index in [1.54, 1.807) is 0 Å². The van der Waals surface area contributed by atoms with Crippen LogP contribution in [0.4, 0.5) is 5.69 Å². The summed E-state index contributed by atoms with van der Waals surface area (Å²) in [4.78, 5) is 25.2. The Bertz CT molecular complexity index is 918. The first kappa shape index (κ1) is 18.3. The SMILES string of the molecule is CCCCCCS(=O)(=O)c1nn2c(OC)c([N+](=O)[O-])c(=O)nc2s1. The zero-order valence-corrected chi connectivity index (χ0v) is 14.7. The van der Waals surface area contributed by atoms with E-state index in [1.807, 2.05) is 6.92 Å². The molecule has 10 nitrogen and oxygen atoms in total. The number of hydrogen-bond acceptors (Lipinski definition) is 9. The molecule has 132 valence electrons. The van der Waals surface area contributed by atoms with Gasteiger partial charge in [0.25, 0.3) is 0 Å². The Hall–Kier alpha value is -2.08. The average molecular weight is 376 g/mol. The summed E-state index contributed by atoms with van der Waals surface area (Å²) in [6.07, 6.45) is 3.19. The highest BCUT2D eigenvalue weighted by Gasteiger charge is 2.29. The van der Waals surface area contributed by atoms with Gasteiger partial charge >= 0.3 is 17.1 Å². The molecule has 0 aliphatic rings. The van der Waals surface area contributed by atoms with Gasteiger partial charge in [0.05, 0.1) is 17.8 Å². The predicted octanol–water partition coefficient (Wildman–Crippen LogP) is 1.42. The van der Waals surface area contributed by atoms with Crippen molar-refractivity contribution in [3.8, 4) is 5.88 Å². The van der Waals surface area contributed by atoms with Crippen LogP contribution in [0.3, 0.4) is 0 Å². The smallest absolute Gasteiger partial charge is 0.397 e. The third-order valence-electron chi connectivity index (χ3n) is 3.24. The number of sulfone groups is 1. The first-order valence-electron chi connectivity index (χ1n) is 7.16. The van der Waals surface area contributed by atoms with Crippen molar-refractivity contribution in [3.05, 3.63) is 20.5 Å². The van der Waals surface area contributed by atoms with Crippen LogP contribution in [0.5, 0.6) is 5.88 Å². The molecule has 0 atom stereocenters. The maximum absolute atomic E-state index is 12.3. The highest BCUT2D eigenvalue weighted by molar-refractivity contribution is 7.93. The minimum Gasteiger partial charge on any atom is -0.476 e. The monoisotopic (exact) mass is 376 g/mol. The second-order valence-corrected chi connectivity index (χ2v) is 8.21. The Balaban J connectivity index is 2.48. The van der Waals surface area contributed by atoms with Gasteiger partial charge in [0.2, 0.25) is 19.1 Å². The number of methoxy groups -OCH3 is 1. The summed E-state index contributed by atoms with van der Waals surface area (Å²) in [6.45, 7) is 2.02. The van der Waals surface area contributed by atoms with Gasteiger partial charge < -0.3 is 4.74 Å². The van der Waals surface area contributed by atoms with Gasteiger partial charge in [-0.1, -0.05) is 37.5 Å². The number of rotatable bonds is 8. The molecular formula is C12H16N4O6S2. The molecule has 0 unspecified atom stereocenters. The average Bonchev–Trinajstić information content (AvgIpc) is 2.94. The number of hydrogen-bond donors (Lipinski definition) is 0. The van der Waals surface area contributed by atoms with Crippen molar-refractivity contribution in [2.45, 2.75) is 36.9 Å². The molecule has 2 heterocycles.